The average molecular weight is 313 g/mol. The lowest BCUT2D eigenvalue weighted by Gasteiger charge is -2.05. The highest BCUT2D eigenvalue weighted by atomic mass is 35.5. The number of anilines is 1. The standard InChI is InChI=1S/C12H9ClN2O4S/c1-19-12(18)9-11(20-5-14-9)15-10(17)6-2-3-8(16)7(13)4-6/h2-5,16H,1H3,(H,15,17). The zero-order valence-corrected chi connectivity index (χ0v) is 11.8. The van der Waals surface area contributed by atoms with Crippen LogP contribution in [0.15, 0.2) is 23.7 Å². The van der Waals surface area contributed by atoms with Crippen molar-refractivity contribution in [3.63, 3.8) is 0 Å². The number of methoxy groups -OCH3 is 1. The Balaban J connectivity index is 2.22. The van der Waals surface area contributed by atoms with Crippen LogP contribution < -0.4 is 5.32 Å². The quantitative estimate of drug-likeness (QED) is 0.850. The van der Waals surface area contributed by atoms with Gasteiger partial charge in [-0.2, -0.15) is 0 Å². The van der Waals surface area contributed by atoms with Gasteiger partial charge in [-0.3, -0.25) is 4.79 Å². The van der Waals surface area contributed by atoms with Crippen LogP contribution >= 0.6 is 22.9 Å². The summed E-state index contributed by atoms with van der Waals surface area (Å²) in [6.45, 7) is 0. The zero-order valence-electron chi connectivity index (χ0n) is 10.2. The molecule has 1 amide bonds. The molecule has 104 valence electrons. The molecular weight excluding hydrogens is 304 g/mol. The van der Waals surface area contributed by atoms with Crippen LogP contribution in [0.1, 0.15) is 20.8 Å². The van der Waals surface area contributed by atoms with E-state index in [1.165, 1.54) is 30.8 Å². The first-order chi connectivity index (χ1) is 9.52. The van der Waals surface area contributed by atoms with Gasteiger partial charge >= 0.3 is 5.97 Å². The van der Waals surface area contributed by atoms with Crippen molar-refractivity contribution in [2.45, 2.75) is 0 Å². The van der Waals surface area contributed by atoms with Crippen molar-refractivity contribution in [1.82, 2.24) is 4.98 Å². The Labute approximate surface area is 123 Å². The van der Waals surface area contributed by atoms with Gasteiger partial charge in [-0.1, -0.05) is 11.6 Å². The van der Waals surface area contributed by atoms with Gasteiger partial charge in [0.2, 0.25) is 0 Å². The van der Waals surface area contributed by atoms with E-state index in [0.29, 0.717) is 0 Å². The Morgan fingerprint density at radius 1 is 1.45 bits per heavy atom. The minimum absolute atomic E-state index is 0.0377. The Morgan fingerprint density at radius 2 is 2.20 bits per heavy atom. The van der Waals surface area contributed by atoms with Crippen molar-refractivity contribution >= 4 is 39.8 Å². The van der Waals surface area contributed by atoms with Crippen LogP contribution in [0.3, 0.4) is 0 Å². The predicted octanol–water partition coefficient (Wildman–Crippen LogP) is 2.54. The van der Waals surface area contributed by atoms with Crippen LogP contribution in [0.2, 0.25) is 5.02 Å². The molecule has 0 bridgehead atoms. The van der Waals surface area contributed by atoms with Gasteiger partial charge in [0.15, 0.2) is 5.69 Å². The van der Waals surface area contributed by atoms with Gasteiger partial charge in [0.25, 0.3) is 5.91 Å². The summed E-state index contributed by atoms with van der Waals surface area (Å²) in [6.07, 6.45) is 0. The lowest BCUT2D eigenvalue weighted by Crippen LogP contribution is -2.14. The summed E-state index contributed by atoms with van der Waals surface area (Å²) < 4.78 is 4.56. The third-order valence-corrected chi connectivity index (χ3v) is 3.43. The van der Waals surface area contributed by atoms with Crippen LogP contribution in [0.4, 0.5) is 5.00 Å². The number of rotatable bonds is 3. The summed E-state index contributed by atoms with van der Waals surface area (Å²) in [5, 5.41) is 12.2. The van der Waals surface area contributed by atoms with E-state index >= 15 is 0 Å². The number of amides is 1. The topological polar surface area (TPSA) is 88.5 Å². The van der Waals surface area contributed by atoms with Crippen molar-refractivity contribution in [2.24, 2.45) is 0 Å². The van der Waals surface area contributed by atoms with E-state index < -0.39 is 11.9 Å². The first-order valence-electron chi connectivity index (χ1n) is 5.34. The van der Waals surface area contributed by atoms with E-state index in [0.717, 1.165) is 11.3 Å². The molecular formula is C12H9ClN2O4S. The highest BCUT2D eigenvalue weighted by molar-refractivity contribution is 7.14. The number of hydrogen-bond donors (Lipinski definition) is 2. The fourth-order valence-corrected chi connectivity index (χ4v) is 2.24. The number of nitrogens with one attached hydrogen (secondary N) is 1. The molecule has 0 atom stereocenters. The van der Waals surface area contributed by atoms with E-state index in [1.54, 1.807) is 0 Å². The molecule has 0 spiro atoms. The van der Waals surface area contributed by atoms with Crippen molar-refractivity contribution < 1.29 is 19.4 Å². The summed E-state index contributed by atoms with van der Waals surface area (Å²) in [5.41, 5.74) is 1.71. The van der Waals surface area contributed by atoms with Crippen LogP contribution in [0, 0.1) is 0 Å². The SMILES string of the molecule is COC(=O)c1ncsc1NC(=O)c1ccc(O)c(Cl)c1. The molecule has 2 N–H and O–H groups in total. The fraction of sp³-hybridized carbons (Fsp3) is 0.0833. The third-order valence-electron chi connectivity index (χ3n) is 2.38. The first kappa shape index (κ1) is 14.3. The van der Waals surface area contributed by atoms with Gasteiger partial charge in [0.1, 0.15) is 10.8 Å². The number of phenols is 1. The minimum atomic E-state index is -0.634. The van der Waals surface area contributed by atoms with Crippen molar-refractivity contribution in [3.05, 3.63) is 40.0 Å². The summed E-state index contributed by atoms with van der Waals surface area (Å²) >= 11 is 6.83. The number of esters is 1. The lowest BCUT2D eigenvalue weighted by molar-refractivity contribution is 0.0596. The molecule has 0 saturated heterocycles. The number of carbonyl (C=O) groups excluding carboxylic acids is 2. The average Bonchev–Trinajstić information content (AvgIpc) is 2.89. The number of nitrogens with zero attached hydrogens (tertiary/aromatic N) is 1. The second-order valence-corrected chi connectivity index (χ2v) is 4.90. The summed E-state index contributed by atoms with van der Waals surface area (Å²) in [7, 11) is 1.23. The minimum Gasteiger partial charge on any atom is -0.506 e. The molecule has 0 aliphatic heterocycles. The number of aromatic nitrogens is 1. The fourth-order valence-electron chi connectivity index (χ4n) is 1.40. The maximum Gasteiger partial charge on any atom is 0.359 e. The van der Waals surface area contributed by atoms with Gasteiger partial charge in [0, 0.05) is 5.56 Å². The van der Waals surface area contributed by atoms with E-state index in [4.69, 9.17) is 11.6 Å². The van der Waals surface area contributed by atoms with Gasteiger partial charge in [0.05, 0.1) is 17.6 Å². The first-order valence-corrected chi connectivity index (χ1v) is 6.60. The molecule has 6 nitrogen and oxygen atoms in total. The van der Waals surface area contributed by atoms with Gasteiger partial charge < -0.3 is 15.2 Å². The lowest BCUT2D eigenvalue weighted by atomic mass is 10.2. The number of aromatic hydroxyl groups is 1. The molecule has 20 heavy (non-hydrogen) atoms. The van der Waals surface area contributed by atoms with Gasteiger partial charge in [-0.15, -0.1) is 11.3 Å². The Hall–Kier alpha value is -2.12. The highest BCUT2D eigenvalue weighted by Crippen LogP contribution is 2.25. The van der Waals surface area contributed by atoms with E-state index in [9.17, 15) is 14.7 Å². The zero-order chi connectivity index (χ0) is 14.7. The molecule has 0 aliphatic rings. The van der Waals surface area contributed by atoms with Crippen molar-refractivity contribution in [3.8, 4) is 5.75 Å². The van der Waals surface area contributed by atoms with Gasteiger partial charge in [-0.25, -0.2) is 9.78 Å². The maximum atomic E-state index is 12.0. The number of phenolic OH excluding ortho intramolecular Hbond substituents is 1. The smallest absolute Gasteiger partial charge is 0.359 e. The van der Waals surface area contributed by atoms with E-state index in [1.807, 2.05) is 0 Å². The molecule has 1 heterocycles. The van der Waals surface area contributed by atoms with Crippen LogP contribution in [-0.2, 0) is 4.74 Å². The number of ether oxygens (including phenoxy) is 1. The summed E-state index contributed by atoms with van der Waals surface area (Å²) in [5.74, 6) is -1.22. The monoisotopic (exact) mass is 312 g/mol. The number of benzene rings is 1. The molecule has 0 fully saturated rings. The Kier molecular flexibility index (Phi) is 4.21. The van der Waals surface area contributed by atoms with E-state index in [2.05, 4.69) is 15.0 Å². The second kappa shape index (κ2) is 5.89. The predicted molar refractivity (Wildman–Crippen MR) is 74.5 cm³/mol. The summed E-state index contributed by atoms with van der Waals surface area (Å²) in [6, 6.07) is 4.05. The van der Waals surface area contributed by atoms with Crippen molar-refractivity contribution in [2.75, 3.05) is 12.4 Å². The molecule has 0 radical (unpaired) electrons. The largest absolute Gasteiger partial charge is 0.506 e. The molecule has 2 aromatic rings. The highest BCUT2D eigenvalue weighted by Gasteiger charge is 2.18. The van der Waals surface area contributed by atoms with E-state index in [-0.39, 0.29) is 27.0 Å². The molecule has 0 unspecified atom stereocenters. The molecule has 0 saturated carbocycles. The molecule has 2 rings (SSSR count). The molecule has 1 aromatic heterocycles. The van der Waals surface area contributed by atoms with Gasteiger partial charge in [-0.05, 0) is 18.2 Å². The Bertz CT molecular complexity index is 671. The maximum absolute atomic E-state index is 12.0. The molecule has 1 aromatic carbocycles. The normalized spacial score (nSPS) is 10.1. The van der Waals surface area contributed by atoms with Crippen LogP contribution in [0.25, 0.3) is 0 Å². The second-order valence-electron chi connectivity index (χ2n) is 3.64. The Morgan fingerprint density at radius 3 is 2.85 bits per heavy atom. The van der Waals surface area contributed by atoms with Crippen molar-refractivity contribution in [1.29, 1.82) is 0 Å². The molecule has 0 aliphatic carbocycles. The third kappa shape index (κ3) is 2.89. The summed E-state index contributed by atoms with van der Waals surface area (Å²) in [4.78, 5) is 27.3. The van der Waals surface area contributed by atoms with Crippen LogP contribution in [-0.4, -0.2) is 29.1 Å². The number of hydrogen-bond acceptors (Lipinski definition) is 6. The molecule has 8 heteroatoms. The number of thiazole rings is 1. The van der Waals surface area contributed by atoms with Crippen LogP contribution in [0.5, 0.6) is 5.75 Å². The number of halogens is 1. The number of carbonyl (C=O) groups is 2.